The van der Waals surface area contributed by atoms with E-state index in [0.717, 1.165) is 27.1 Å². The van der Waals surface area contributed by atoms with Gasteiger partial charge in [0.1, 0.15) is 4.83 Å². The summed E-state index contributed by atoms with van der Waals surface area (Å²) in [6.07, 6.45) is 3.08. The van der Waals surface area contributed by atoms with Crippen molar-refractivity contribution in [3.63, 3.8) is 0 Å². The summed E-state index contributed by atoms with van der Waals surface area (Å²) in [6, 6.07) is 9.32. The molecule has 6 nitrogen and oxygen atoms in total. The SMILES string of the molecule is COCCCn1cnc2sc3c(c2c1=O)CCN(C(=O)c1ccccc1)C3. The number of ether oxygens (including phenoxy) is 1. The van der Waals surface area contributed by atoms with Crippen LogP contribution in [-0.4, -0.2) is 40.6 Å². The first-order valence-corrected chi connectivity index (χ1v) is 9.83. The maximum absolute atomic E-state index is 12.9. The van der Waals surface area contributed by atoms with Crippen LogP contribution in [0.2, 0.25) is 0 Å². The summed E-state index contributed by atoms with van der Waals surface area (Å²) in [5, 5.41) is 0.724. The minimum atomic E-state index is 0.0106. The third-order valence-electron chi connectivity index (χ3n) is 4.88. The molecule has 0 fully saturated rings. The lowest BCUT2D eigenvalue weighted by Gasteiger charge is -2.27. The third kappa shape index (κ3) is 3.40. The Balaban J connectivity index is 1.62. The number of carbonyl (C=O) groups is 1. The maximum atomic E-state index is 12.9. The fourth-order valence-electron chi connectivity index (χ4n) is 3.49. The van der Waals surface area contributed by atoms with Gasteiger partial charge >= 0.3 is 0 Å². The van der Waals surface area contributed by atoms with E-state index in [1.165, 1.54) is 11.3 Å². The van der Waals surface area contributed by atoms with Gasteiger partial charge in [-0.25, -0.2) is 4.98 Å². The van der Waals surface area contributed by atoms with E-state index in [1.807, 2.05) is 35.2 Å². The molecule has 0 radical (unpaired) electrons. The van der Waals surface area contributed by atoms with Gasteiger partial charge in [-0.15, -0.1) is 11.3 Å². The molecule has 0 N–H and O–H groups in total. The molecule has 27 heavy (non-hydrogen) atoms. The molecule has 1 aliphatic rings. The summed E-state index contributed by atoms with van der Waals surface area (Å²) in [5.41, 5.74) is 1.77. The van der Waals surface area contributed by atoms with Gasteiger partial charge in [-0.2, -0.15) is 0 Å². The molecule has 4 rings (SSSR count). The smallest absolute Gasteiger partial charge is 0.262 e. The van der Waals surface area contributed by atoms with Crippen LogP contribution in [0.1, 0.15) is 27.2 Å². The van der Waals surface area contributed by atoms with E-state index >= 15 is 0 Å². The molecule has 3 aromatic rings. The van der Waals surface area contributed by atoms with Gasteiger partial charge in [0, 0.05) is 37.2 Å². The first-order valence-electron chi connectivity index (χ1n) is 9.02. The number of benzene rings is 1. The number of methoxy groups -OCH3 is 1. The molecule has 1 amide bonds. The van der Waals surface area contributed by atoms with E-state index in [-0.39, 0.29) is 11.5 Å². The van der Waals surface area contributed by atoms with Gasteiger partial charge < -0.3 is 9.64 Å². The van der Waals surface area contributed by atoms with Crippen LogP contribution in [0, 0.1) is 0 Å². The van der Waals surface area contributed by atoms with Crippen molar-refractivity contribution < 1.29 is 9.53 Å². The Morgan fingerprint density at radius 3 is 2.89 bits per heavy atom. The number of hydrogen-bond donors (Lipinski definition) is 0. The van der Waals surface area contributed by atoms with Crippen LogP contribution in [0.15, 0.2) is 41.5 Å². The second kappa shape index (κ2) is 7.62. The van der Waals surface area contributed by atoms with Gasteiger partial charge in [0.05, 0.1) is 18.3 Å². The lowest BCUT2D eigenvalue weighted by Crippen LogP contribution is -2.35. The van der Waals surface area contributed by atoms with Crippen LogP contribution in [0.5, 0.6) is 0 Å². The van der Waals surface area contributed by atoms with Gasteiger partial charge in [0.25, 0.3) is 11.5 Å². The molecule has 0 aliphatic carbocycles. The van der Waals surface area contributed by atoms with Crippen molar-refractivity contribution in [1.82, 2.24) is 14.5 Å². The number of aryl methyl sites for hydroxylation is 1. The lowest BCUT2D eigenvalue weighted by atomic mass is 10.0. The van der Waals surface area contributed by atoms with Gasteiger partial charge in [0.2, 0.25) is 0 Å². The lowest BCUT2D eigenvalue weighted by molar-refractivity contribution is 0.0737. The predicted octanol–water partition coefficient (Wildman–Crippen LogP) is 2.69. The highest BCUT2D eigenvalue weighted by Gasteiger charge is 2.26. The molecule has 2 aromatic heterocycles. The highest BCUT2D eigenvalue weighted by atomic mass is 32.1. The number of hydrogen-bond acceptors (Lipinski definition) is 5. The Morgan fingerprint density at radius 2 is 2.11 bits per heavy atom. The summed E-state index contributed by atoms with van der Waals surface area (Å²) in [4.78, 5) is 33.8. The monoisotopic (exact) mass is 383 g/mol. The molecule has 1 aromatic carbocycles. The third-order valence-corrected chi connectivity index (χ3v) is 6.01. The van der Waals surface area contributed by atoms with E-state index in [2.05, 4.69) is 4.98 Å². The van der Waals surface area contributed by atoms with Crippen LogP contribution in [0.25, 0.3) is 10.2 Å². The number of nitrogens with zero attached hydrogens (tertiary/aromatic N) is 3. The van der Waals surface area contributed by atoms with Crippen LogP contribution >= 0.6 is 11.3 Å². The summed E-state index contributed by atoms with van der Waals surface area (Å²) in [6.45, 7) is 2.36. The molecule has 1 aliphatic heterocycles. The van der Waals surface area contributed by atoms with Crippen molar-refractivity contribution >= 4 is 27.5 Å². The maximum Gasteiger partial charge on any atom is 0.262 e. The Hall–Kier alpha value is -2.51. The summed E-state index contributed by atoms with van der Waals surface area (Å²) >= 11 is 1.52. The summed E-state index contributed by atoms with van der Waals surface area (Å²) < 4.78 is 6.73. The number of amides is 1. The van der Waals surface area contributed by atoms with E-state index in [1.54, 1.807) is 18.0 Å². The summed E-state index contributed by atoms with van der Waals surface area (Å²) in [5.74, 6) is 0.0311. The van der Waals surface area contributed by atoms with Crippen LogP contribution in [0.3, 0.4) is 0 Å². The average Bonchev–Trinajstić information content (AvgIpc) is 3.08. The fraction of sp³-hybridized carbons (Fsp3) is 0.350. The highest BCUT2D eigenvalue weighted by molar-refractivity contribution is 7.18. The average molecular weight is 383 g/mol. The van der Waals surface area contributed by atoms with Crippen molar-refractivity contribution in [1.29, 1.82) is 0 Å². The molecule has 0 bridgehead atoms. The number of aromatic nitrogens is 2. The van der Waals surface area contributed by atoms with E-state index < -0.39 is 0 Å². The zero-order valence-electron chi connectivity index (χ0n) is 15.2. The van der Waals surface area contributed by atoms with Crippen molar-refractivity contribution in [2.45, 2.75) is 25.9 Å². The van der Waals surface area contributed by atoms with Crippen molar-refractivity contribution in [2.24, 2.45) is 0 Å². The zero-order chi connectivity index (χ0) is 18.8. The molecule has 3 heterocycles. The minimum Gasteiger partial charge on any atom is -0.385 e. The molecule has 0 saturated carbocycles. The fourth-order valence-corrected chi connectivity index (χ4v) is 4.69. The standard InChI is InChI=1S/C20H21N3O3S/c1-26-11-5-9-23-13-21-18-17(20(23)25)15-8-10-22(12-16(15)27-18)19(24)14-6-3-2-4-7-14/h2-4,6-7,13H,5,8-12H2,1H3. The number of fused-ring (bicyclic) bond motifs is 3. The molecule has 0 atom stereocenters. The second-order valence-electron chi connectivity index (χ2n) is 6.62. The predicted molar refractivity (Wildman–Crippen MR) is 105 cm³/mol. The number of rotatable bonds is 5. The molecular weight excluding hydrogens is 362 g/mol. The van der Waals surface area contributed by atoms with Gasteiger partial charge in [0.15, 0.2) is 0 Å². The molecule has 0 spiro atoms. The van der Waals surface area contributed by atoms with Gasteiger partial charge in [-0.1, -0.05) is 18.2 Å². The first kappa shape index (κ1) is 17.9. The molecule has 0 unspecified atom stereocenters. The molecular formula is C20H21N3O3S. The Labute approximate surface area is 161 Å². The number of carbonyl (C=O) groups excluding carboxylic acids is 1. The normalized spacial score (nSPS) is 13.7. The minimum absolute atomic E-state index is 0.0106. The van der Waals surface area contributed by atoms with Crippen LogP contribution in [-0.2, 0) is 24.2 Å². The Morgan fingerprint density at radius 1 is 1.30 bits per heavy atom. The van der Waals surface area contributed by atoms with Crippen LogP contribution in [0.4, 0.5) is 0 Å². The quantitative estimate of drug-likeness (QED) is 0.636. The first-order chi connectivity index (χ1) is 13.2. The zero-order valence-corrected chi connectivity index (χ0v) is 16.0. The Bertz CT molecular complexity index is 1030. The van der Waals surface area contributed by atoms with Crippen molar-refractivity contribution in [3.8, 4) is 0 Å². The molecule has 7 heteroatoms. The summed E-state index contributed by atoms with van der Waals surface area (Å²) in [7, 11) is 1.65. The van der Waals surface area contributed by atoms with Crippen molar-refractivity contribution in [3.05, 3.63) is 63.0 Å². The van der Waals surface area contributed by atoms with E-state index in [0.29, 0.717) is 38.2 Å². The van der Waals surface area contributed by atoms with Gasteiger partial charge in [-0.3, -0.25) is 14.2 Å². The van der Waals surface area contributed by atoms with Gasteiger partial charge in [-0.05, 0) is 30.5 Å². The number of thiophene rings is 1. The van der Waals surface area contributed by atoms with Crippen molar-refractivity contribution in [2.75, 3.05) is 20.3 Å². The molecule has 140 valence electrons. The highest BCUT2D eigenvalue weighted by Crippen LogP contribution is 2.32. The Kier molecular flexibility index (Phi) is 5.05. The molecule has 0 saturated heterocycles. The van der Waals surface area contributed by atoms with Crippen LogP contribution < -0.4 is 5.56 Å². The van der Waals surface area contributed by atoms with E-state index in [4.69, 9.17) is 4.74 Å². The topological polar surface area (TPSA) is 64.4 Å². The second-order valence-corrected chi connectivity index (χ2v) is 7.70. The van der Waals surface area contributed by atoms with E-state index in [9.17, 15) is 9.59 Å². The largest absolute Gasteiger partial charge is 0.385 e.